The average Bonchev–Trinajstić information content (AvgIpc) is 2.90. The number of hydrogen-bond donors (Lipinski definition) is 0. The van der Waals surface area contributed by atoms with Gasteiger partial charge in [-0.25, -0.2) is 4.98 Å². The van der Waals surface area contributed by atoms with Gasteiger partial charge in [0.15, 0.2) is 5.15 Å². The summed E-state index contributed by atoms with van der Waals surface area (Å²) in [5.41, 5.74) is 2.05. The lowest BCUT2D eigenvalue weighted by Gasteiger charge is -2.03. The van der Waals surface area contributed by atoms with E-state index >= 15 is 0 Å². The molecule has 0 aliphatic heterocycles. The summed E-state index contributed by atoms with van der Waals surface area (Å²) in [5, 5.41) is 0.537. The third-order valence-corrected chi connectivity index (χ3v) is 3.07. The highest BCUT2D eigenvalue weighted by molar-refractivity contribution is 6.32. The van der Waals surface area contributed by atoms with Crippen LogP contribution in [0.2, 0.25) is 5.15 Å². The molecule has 86 valence electrons. The molecule has 0 saturated carbocycles. The molecule has 0 fully saturated rings. The van der Waals surface area contributed by atoms with E-state index in [9.17, 15) is 0 Å². The van der Waals surface area contributed by atoms with Crippen LogP contribution in [0.15, 0.2) is 41.0 Å². The molecule has 0 aliphatic carbocycles. The van der Waals surface area contributed by atoms with Crippen molar-refractivity contribution >= 4 is 17.1 Å². The van der Waals surface area contributed by atoms with Gasteiger partial charge in [0.25, 0.3) is 0 Å². The van der Waals surface area contributed by atoms with E-state index < -0.39 is 0 Å². The van der Waals surface area contributed by atoms with Crippen LogP contribution in [0.4, 0.5) is 0 Å². The molecule has 0 N–H and O–H groups in total. The Morgan fingerprint density at radius 3 is 2.94 bits per heavy atom. The zero-order valence-electron chi connectivity index (χ0n) is 9.35. The number of pyridine rings is 1. The van der Waals surface area contributed by atoms with E-state index in [-0.39, 0.29) is 0 Å². The minimum Gasteiger partial charge on any atom is -0.469 e. The molecule has 3 aromatic heterocycles. The molecule has 0 amide bonds. The molecule has 4 heteroatoms. The predicted molar refractivity (Wildman–Crippen MR) is 66.5 cm³/mol. The minimum atomic E-state index is 0.537. The maximum absolute atomic E-state index is 6.13. The molecule has 0 atom stereocenters. The fraction of sp³-hybridized carbons (Fsp3) is 0.154. The fourth-order valence-corrected chi connectivity index (χ4v) is 2.27. The summed E-state index contributed by atoms with van der Waals surface area (Å²) in [6.07, 6.45) is 2.31. The normalized spacial score (nSPS) is 11.2. The smallest absolute Gasteiger partial charge is 0.155 e. The van der Waals surface area contributed by atoms with Crippen LogP contribution in [0.3, 0.4) is 0 Å². The van der Waals surface area contributed by atoms with Crippen molar-refractivity contribution in [2.45, 2.75) is 13.3 Å². The van der Waals surface area contributed by atoms with E-state index in [1.165, 1.54) is 0 Å². The molecule has 3 rings (SSSR count). The minimum absolute atomic E-state index is 0.537. The highest BCUT2D eigenvalue weighted by atomic mass is 35.5. The topological polar surface area (TPSA) is 30.4 Å². The largest absolute Gasteiger partial charge is 0.469 e. The number of imidazole rings is 1. The number of furan rings is 1. The Morgan fingerprint density at radius 1 is 1.29 bits per heavy atom. The number of nitrogens with zero attached hydrogens (tertiary/aromatic N) is 2. The molecular formula is C13H11ClN2O. The van der Waals surface area contributed by atoms with Crippen LogP contribution in [0.5, 0.6) is 0 Å². The predicted octanol–water partition coefficient (Wildman–Crippen LogP) is 3.48. The van der Waals surface area contributed by atoms with Crippen LogP contribution in [0.1, 0.15) is 17.3 Å². The molecule has 3 nitrogen and oxygen atoms in total. The Morgan fingerprint density at radius 2 is 2.18 bits per heavy atom. The number of aromatic nitrogens is 2. The van der Waals surface area contributed by atoms with Crippen molar-refractivity contribution in [1.29, 1.82) is 0 Å². The number of rotatable bonds is 2. The molecule has 3 heterocycles. The van der Waals surface area contributed by atoms with Crippen molar-refractivity contribution < 1.29 is 4.42 Å². The fourth-order valence-electron chi connectivity index (χ4n) is 2.03. The first-order valence-corrected chi connectivity index (χ1v) is 5.78. The van der Waals surface area contributed by atoms with Crippen LogP contribution in [0.25, 0.3) is 5.52 Å². The highest BCUT2D eigenvalue weighted by Crippen LogP contribution is 2.21. The quantitative estimate of drug-likeness (QED) is 0.693. The summed E-state index contributed by atoms with van der Waals surface area (Å²) in [6, 6.07) is 9.80. The van der Waals surface area contributed by atoms with Crippen LogP contribution in [0, 0.1) is 6.92 Å². The molecule has 0 aromatic carbocycles. The van der Waals surface area contributed by atoms with E-state index in [1.807, 2.05) is 37.3 Å². The zero-order valence-corrected chi connectivity index (χ0v) is 10.1. The summed E-state index contributed by atoms with van der Waals surface area (Å²) in [7, 11) is 0. The van der Waals surface area contributed by atoms with E-state index in [0.29, 0.717) is 11.6 Å². The average molecular weight is 247 g/mol. The van der Waals surface area contributed by atoms with Gasteiger partial charge in [0.1, 0.15) is 11.6 Å². The lowest BCUT2D eigenvalue weighted by Crippen LogP contribution is -1.98. The Hall–Kier alpha value is -1.74. The Balaban J connectivity index is 2.16. The van der Waals surface area contributed by atoms with Crippen LogP contribution in [-0.2, 0) is 6.42 Å². The third kappa shape index (κ3) is 1.72. The second-order valence-corrected chi connectivity index (χ2v) is 4.32. The van der Waals surface area contributed by atoms with Gasteiger partial charge in [0.2, 0.25) is 0 Å². The van der Waals surface area contributed by atoms with Crippen molar-refractivity contribution in [1.82, 2.24) is 9.38 Å². The second kappa shape index (κ2) is 3.93. The van der Waals surface area contributed by atoms with Gasteiger partial charge >= 0.3 is 0 Å². The van der Waals surface area contributed by atoms with Gasteiger partial charge in [-0.1, -0.05) is 17.7 Å². The van der Waals surface area contributed by atoms with Crippen molar-refractivity contribution in [3.8, 4) is 0 Å². The summed E-state index contributed by atoms with van der Waals surface area (Å²) in [5.74, 6) is 1.79. The van der Waals surface area contributed by atoms with Crippen LogP contribution >= 0.6 is 11.6 Å². The van der Waals surface area contributed by atoms with Gasteiger partial charge < -0.3 is 4.42 Å². The molecule has 0 spiro atoms. The van der Waals surface area contributed by atoms with E-state index in [4.69, 9.17) is 16.0 Å². The first-order valence-electron chi connectivity index (χ1n) is 5.40. The van der Waals surface area contributed by atoms with Gasteiger partial charge in [-0.3, -0.25) is 4.40 Å². The summed E-state index contributed by atoms with van der Waals surface area (Å²) >= 11 is 6.13. The van der Waals surface area contributed by atoms with Gasteiger partial charge in [-0.15, -0.1) is 0 Å². The Bertz CT molecular complexity index is 655. The second-order valence-electron chi connectivity index (χ2n) is 3.96. The molecule has 0 saturated heterocycles. The van der Waals surface area contributed by atoms with Gasteiger partial charge in [-0.2, -0.15) is 0 Å². The molecule has 0 aliphatic rings. The van der Waals surface area contributed by atoms with Crippen molar-refractivity contribution in [2.75, 3.05) is 0 Å². The molecule has 0 unspecified atom stereocenters. The molecule has 3 aromatic rings. The monoisotopic (exact) mass is 246 g/mol. The van der Waals surface area contributed by atoms with Crippen molar-refractivity contribution in [3.63, 3.8) is 0 Å². The molecule has 17 heavy (non-hydrogen) atoms. The SMILES string of the molecule is Cc1cccc2c(Cl)nc(Cc3ccco3)n12. The van der Waals surface area contributed by atoms with Crippen molar-refractivity contribution in [3.05, 3.63) is 59.0 Å². The Kier molecular flexibility index (Phi) is 2.41. The van der Waals surface area contributed by atoms with Crippen molar-refractivity contribution in [2.24, 2.45) is 0 Å². The number of fused-ring (bicyclic) bond motifs is 1. The highest BCUT2D eigenvalue weighted by Gasteiger charge is 2.12. The van der Waals surface area contributed by atoms with Crippen LogP contribution in [-0.4, -0.2) is 9.38 Å². The maximum Gasteiger partial charge on any atom is 0.155 e. The molecule has 0 bridgehead atoms. The summed E-state index contributed by atoms with van der Waals surface area (Å²) in [4.78, 5) is 4.39. The number of aryl methyl sites for hydroxylation is 1. The number of halogens is 1. The first-order chi connectivity index (χ1) is 8.25. The van der Waals surface area contributed by atoms with Gasteiger partial charge in [-0.05, 0) is 31.2 Å². The third-order valence-electron chi connectivity index (χ3n) is 2.79. The van der Waals surface area contributed by atoms with Gasteiger partial charge in [0, 0.05) is 5.69 Å². The maximum atomic E-state index is 6.13. The van der Waals surface area contributed by atoms with E-state index in [1.54, 1.807) is 6.26 Å². The summed E-state index contributed by atoms with van der Waals surface area (Å²) in [6.45, 7) is 2.04. The van der Waals surface area contributed by atoms with Crippen LogP contribution < -0.4 is 0 Å². The lowest BCUT2D eigenvalue weighted by molar-refractivity contribution is 0.516. The molecule has 0 radical (unpaired) electrons. The lowest BCUT2D eigenvalue weighted by atomic mass is 10.3. The zero-order chi connectivity index (χ0) is 11.8. The number of hydrogen-bond acceptors (Lipinski definition) is 2. The molecular weight excluding hydrogens is 236 g/mol. The van der Waals surface area contributed by atoms with E-state index in [2.05, 4.69) is 9.38 Å². The standard InChI is InChI=1S/C13H11ClN2O/c1-9-4-2-6-11-13(14)15-12(16(9)11)8-10-5-3-7-17-10/h2-7H,8H2,1H3. The first kappa shape index (κ1) is 10.4. The Labute approximate surface area is 104 Å². The van der Waals surface area contributed by atoms with E-state index in [0.717, 1.165) is 22.8 Å². The van der Waals surface area contributed by atoms with Gasteiger partial charge in [0.05, 0.1) is 18.2 Å². The summed E-state index contributed by atoms with van der Waals surface area (Å²) < 4.78 is 7.40.